The van der Waals surface area contributed by atoms with Crippen molar-refractivity contribution in [2.75, 3.05) is 0 Å². The van der Waals surface area contributed by atoms with Gasteiger partial charge in [-0.1, -0.05) is 13.8 Å². The fourth-order valence-corrected chi connectivity index (χ4v) is 2.59. The molecule has 2 aromatic heterocycles. The van der Waals surface area contributed by atoms with E-state index in [2.05, 4.69) is 15.4 Å². The predicted octanol–water partition coefficient (Wildman–Crippen LogP) is 2.64. The summed E-state index contributed by atoms with van der Waals surface area (Å²) in [7, 11) is 1.90. The molecule has 0 saturated heterocycles. The van der Waals surface area contributed by atoms with E-state index < -0.39 is 0 Å². The van der Waals surface area contributed by atoms with Gasteiger partial charge in [0.1, 0.15) is 5.76 Å². The number of carbonyl (C=O) groups is 1. The number of amides is 1. The van der Waals surface area contributed by atoms with Crippen molar-refractivity contribution in [1.82, 2.24) is 20.1 Å². The number of oxazole rings is 1. The van der Waals surface area contributed by atoms with Gasteiger partial charge in [0, 0.05) is 24.2 Å². The summed E-state index contributed by atoms with van der Waals surface area (Å²) in [5, 5.41) is 7.35. The second-order valence-electron chi connectivity index (χ2n) is 5.62. The van der Waals surface area contributed by atoms with Crippen LogP contribution in [-0.2, 0) is 7.05 Å². The van der Waals surface area contributed by atoms with Crippen molar-refractivity contribution < 1.29 is 9.21 Å². The highest BCUT2D eigenvalue weighted by atomic mass is 16.3. The van der Waals surface area contributed by atoms with Gasteiger partial charge < -0.3 is 9.73 Å². The third kappa shape index (κ3) is 2.84. The van der Waals surface area contributed by atoms with Crippen molar-refractivity contribution >= 4 is 5.91 Å². The molecule has 114 valence electrons. The summed E-state index contributed by atoms with van der Waals surface area (Å²) < 4.78 is 7.12. The van der Waals surface area contributed by atoms with Gasteiger partial charge in [-0.2, -0.15) is 5.10 Å². The molecule has 0 saturated carbocycles. The summed E-state index contributed by atoms with van der Waals surface area (Å²) in [6, 6.07) is -0.136. The Morgan fingerprint density at radius 3 is 2.52 bits per heavy atom. The van der Waals surface area contributed by atoms with Crippen molar-refractivity contribution in [2.45, 2.75) is 46.6 Å². The maximum absolute atomic E-state index is 12.4. The number of rotatable bonds is 4. The Bertz CT molecular complexity index is 655. The zero-order valence-electron chi connectivity index (χ0n) is 13.4. The maximum Gasteiger partial charge on any atom is 0.274 e. The van der Waals surface area contributed by atoms with E-state index in [1.165, 1.54) is 6.39 Å². The second kappa shape index (κ2) is 5.71. The SMILES string of the molecule is Cc1nn(C)c(C)c1C(C)NC(=O)c1ncoc1C(C)C. The number of aromatic nitrogens is 3. The molecule has 2 aromatic rings. The maximum atomic E-state index is 12.4. The molecule has 1 unspecified atom stereocenters. The number of hydrogen-bond donors (Lipinski definition) is 1. The van der Waals surface area contributed by atoms with Gasteiger partial charge in [0.15, 0.2) is 12.1 Å². The van der Waals surface area contributed by atoms with E-state index in [-0.39, 0.29) is 17.9 Å². The van der Waals surface area contributed by atoms with Crippen LogP contribution in [0.1, 0.15) is 65.9 Å². The summed E-state index contributed by atoms with van der Waals surface area (Å²) in [5.74, 6) is 0.507. The Hall–Kier alpha value is -2.11. The largest absolute Gasteiger partial charge is 0.447 e. The Morgan fingerprint density at radius 2 is 2.00 bits per heavy atom. The minimum atomic E-state index is -0.220. The lowest BCUT2D eigenvalue weighted by atomic mass is 10.1. The normalized spacial score (nSPS) is 12.7. The van der Waals surface area contributed by atoms with Crippen LogP contribution in [0.4, 0.5) is 0 Å². The minimum Gasteiger partial charge on any atom is -0.447 e. The van der Waals surface area contributed by atoms with E-state index in [0.717, 1.165) is 17.0 Å². The standard InChI is InChI=1S/C15H22N4O2/c1-8(2)14-13(16-7-21-14)15(20)17-9(3)12-10(4)18-19(6)11(12)5/h7-9H,1-6H3,(H,17,20). The zero-order chi connectivity index (χ0) is 15.7. The molecule has 2 rings (SSSR count). The van der Waals surface area contributed by atoms with Crippen molar-refractivity contribution in [3.63, 3.8) is 0 Å². The predicted molar refractivity (Wildman–Crippen MR) is 79.2 cm³/mol. The lowest BCUT2D eigenvalue weighted by molar-refractivity contribution is 0.0933. The van der Waals surface area contributed by atoms with Gasteiger partial charge in [-0.05, 0) is 20.8 Å². The van der Waals surface area contributed by atoms with E-state index in [0.29, 0.717) is 11.5 Å². The van der Waals surface area contributed by atoms with Gasteiger partial charge in [-0.25, -0.2) is 4.98 Å². The lowest BCUT2D eigenvalue weighted by Gasteiger charge is -2.14. The summed E-state index contributed by atoms with van der Waals surface area (Å²) >= 11 is 0. The van der Waals surface area contributed by atoms with Gasteiger partial charge in [0.2, 0.25) is 0 Å². The Balaban J connectivity index is 2.21. The molecule has 21 heavy (non-hydrogen) atoms. The number of nitrogens with zero attached hydrogens (tertiary/aromatic N) is 3. The van der Waals surface area contributed by atoms with E-state index >= 15 is 0 Å². The molecule has 2 heterocycles. The van der Waals surface area contributed by atoms with Crippen LogP contribution in [0.5, 0.6) is 0 Å². The molecule has 1 atom stereocenters. The van der Waals surface area contributed by atoms with Crippen LogP contribution < -0.4 is 5.32 Å². The smallest absolute Gasteiger partial charge is 0.274 e. The van der Waals surface area contributed by atoms with Crippen LogP contribution >= 0.6 is 0 Å². The van der Waals surface area contributed by atoms with Crippen molar-refractivity contribution in [2.24, 2.45) is 7.05 Å². The van der Waals surface area contributed by atoms with E-state index in [9.17, 15) is 4.79 Å². The number of hydrogen-bond acceptors (Lipinski definition) is 4. The quantitative estimate of drug-likeness (QED) is 0.939. The highest BCUT2D eigenvalue weighted by Gasteiger charge is 2.23. The third-order valence-corrected chi connectivity index (χ3v) is 3.68. The molecule has 0 radical (unpaired) electrons. The Labute approximate surface area is 124 Å². The van der Waals surface area contributed by atoms with Crippen LogP contribution in [0.15, 0.2) is 10.8 Å². The van der Waals surface area contributed by atoms with Crippen LogP contribution in [0.2, 0.25) is 0 Å². The molecule has 1 N–H and O–H groups in total. The molecule has 0 aliphatic carbocycles. The first kappa shape index (κ1) is 15.3. The number of nitrogens with one attached hydrogen (secondary N) is 1. The van der Waals surface area contributed by atoms with E-state index in [1.54, 1.807) is 0 Å². The van der Waals surface area contributed by atoms with Gasteiger partial charge in [0.25, 0.3) is 5.91 Å². The van der Waals surface area contributed by atoms with Crippen LogP contribution in [-0.4, -0.2) is 20.7 Å². The molecule has 6 nitrogen and oxygen atoms in total. The summed E-state index contributed by atoms with van der Waals surface area (Å²) in [5.41, 5.74) is 3.37. The highest BCUT2D eigenvalue weighted by molar-refractivity contribution is 5.93. The first-order valence-electron chi connectivity index (χ1n) is 7.07. The topological polar surface area (TPSA) is 73.0 Å². The van der Waals surface area contributed by atoms with Gasteiger partial charge in [0.05, 0.1) is 11.7 Å². The summed E-state index contributed by atoms with van der Waals surface area (Å²) in [6.07, 6.45) is 1.31. The average molecular weight is 290 g/mol. The Kier molecular flexibility index (Phi) is 4.16. The van der Waals surface area contributed by atoms with Gasteiger partial charge >= 0.3 is 0 Å². The Morgan fingerprint density at radius 1 is 1.33 bits per heavy atom. The molecule has 0 aliphatic heterocycles. The highest BCUT2D eigenvalue weighted by Crippen LogP contribution is 2.22. The third-order valence-electron chi connectivity index (χ3n) is 3.68. The monoisotopic (exact) mass is 290 g/mol. The fraction of sp³-hybridized carbons (Fsp3) is 0.533. The molecular weight excluding hydrogens is 268 g/mol. The first-order chi connectivity index (χ1) is 9.82. The fourth-order valence-electron chi connectivity index (χ4n) is 2.59. The molecule has 6 heteroatoms. The minimum absolute atomic E-state index is 0.116. The lowest BCUT2D eigenvalue weighted by Crippen LogP contribution is -2.28. The summed E-state index contributed by atoms with van der Waals surface area (Å²) in [4.78, 5) is 16.4. The second-order valence-corrected chi connectivity index (χ2v) is 5.62. The van der Waals surface area contributed by atoms with Crippen molar-refractivity contribution in [3.8, 4) is 0 Å². The van der Waals surface area contributed by atoms with Crippen LogP contribution in [0.3, 0.4) is 0 Å². The van der Waals surface area contributed by atoms with Gasteiger partial charge in [-0.3, -0.25) is 9.48 Å². The molecule has 0 fully saturated rings. The zero-order valence-corrected chi connectivity index (χ0v) is 13.4. The molecule has 0 aromatic carbocycles. The molecule has 0 spiro atoms. The summed E-state index contributed by atoms with van der Waals surface area (Å²) in [6.45, 7) is 9.82. The average Bonchev–Trinajstić information content (AvgIpc) is 2.95. The van der Waals surface area contributed by atoms with Crippen molar-refractivity contribution in [3.05, 3.63) is 34.8 Å². The van der Waals surface area contributed by atoms with E-state index in [1.807, 2.05) is 46.3 Å². The molecule has 0 aliphatic rings. The molecular formula is C15H22N4O2. The van der Waals surface area contributed by atoms with Crippen LogP contribution in [0, 0.1) is 13.8 Å². The van der Waals surface area contributed by atoms with Crippen molar-refractivity contribution in [1.29, 1.82) is 0 Å². The number of aryl methyl sites for hydroxylation is 2. The van der Waals surface area contributed by atoms with Gasteiger partial charge in [-0.15, -0.1) is 0 Å². The molecule has 0 bridgehead atoms. The molecule has 1 amide bonds. The first-order valence-corrected chi connectivity index (χ1v) is 7.07. The number of carbonyl (C=O) groups excluding carboxylic acids is 1. The van der Waals surface area contributed by atoms with E-state index in [4.69, 9.17) is 4.42 Å². The van der Waals surface area contributed by atoms with Crippen LogP contribution in [0.25, 0.3) is 0 Å².